The molecule has 1 heterocycles. The molecule has 1 aliphatic rings. The van der Waals surface area contributed by atoms with Crippen LogP contribution in [0.25, 0.3) is 0 Å². The second kappa shape index (κ2) is 5.14. The van der Waals surface area contributed by atoms with Crippen LogP contribution >= 0.6 is 0 Å². The molecule has 0 saturated heterocycles. The van der Waals surface area contributed by atoms with Gasteiger partial charge in [0.25, 0.3) is 0 Å². The molecule has 4 nitrogen and oxygen atoms in total. The maximum atomic E-state index is 10.4. The quantitative estimate of drug-likeness (QED) is 0.796. The molecule has 1 aromatic rings. The van der Waals surface area contributed by atoms with E-state index in [4.69, 9.17) is 9.52 Å². The maximum absolute atomic E-state index is 10.4. The smallest absolute Gasteiger partial charge is 0.303 e. The summed E-state index contributed by atoms with van der Waals surface area (Å²) >= 11 is 0. The number of carboxylic acid groups (broad SMARTS) is 1. The third kappa shape index (κ3) is 2.84. The summed E-state index contributed by atoms with van der Waals surface area (Å²) in [5.41, 5.74) is 1.10. The van der Waals surface area contributed by atoms with Crippen LogP contribution in [0.15, 0.2) is 4.42 Å². The van der Waals surface area contributed by atoms with Crippen LogP contribution in [-0.4, -0.2) is 16.1 Å². The average molecular weight is 223 g/mol. The molecule has 0 atom stereocenters. The van der Waals surface area contributed by atoms with E-state index in [-0.39, 0.29) is 6.42 Å². The van der Waals surface area contributed by atoms with Gasteiger partial charge in [-0.05, 0) is 25.7 Å². The predicted octanol–water partition coefficient (Wildman–Crippen LogP) is 2.35. The highest BCUT2D eigenvalue weighted by Gasteiger charge is 2.15. The molecule has 0 radical (unpaired) electrons. The van der Waals surface area contributed by atoms with E-state index in [9.17, 15) is 4.79 Å². The first-order chi connectivity index (χ1) is 7.75. The zero-order chi connectivity index (χ0) is 11.4. The number of aromatic nitrogens is 1. The van der Waals surface area contributed by atoms with Crippen LogP contribution in [0, 0.1) is 0 Å². The number of hydrogen-bond acceptors (Lipinski definition) is 3. The van der Waals surface area contributed by atoms with Crippen molar-refractivity contribution in [2.75, 3.05) is 0 Å². The number of rotatable bonds is 4. The fourth-order valence-corrected chi connectivity index (χ4v) is 2.08. The number of nitrogens with zero attached hydrogens (tertiary/aromatic N) is 1. The van der Waals surface area contributed by atoms with Gasteiger partial charge in [0.1, 0.15) is 5.76 Å². The van der Waals surface area contributed by atoms with Crippen LogP contribution in [-0.2, 0) is 24.1 Å². The van der Waals surface area contributed by atoms with Crippen LogP contribution in [0.4, 0.5) is 0 Å². The van der Waals surface area contributed by atoms with Gasteiger partial charge in [0, 0.05) is 19.3 Å². The number of carboxylic acids is 1. The molecule has 16 heavy (non-hydrogen) atoms. The minimum atomic E-state index is -0.756. The van der Waals surface area contributed by atoms with Crippen molar-refractivity contribution in [2.24, 2.45) is 0 Å². The van der Waals surface area contributed by atoms with Crippen molar-refractivity contribution in [3.63, 3.8) is 0 Å². The van der Waals surface area contributed by atoms with Gasteiger partial charge in [0.15, 0.2) is 5.89 Å². The first kappa shape index (κ1) is 11.2. The Labute approximate surface area is 94.7 Å². The minimum Gasteiger partial charge on any atom is -0.481 e. The third-order valence-electron chi connectivity index (χ3n) is 2.92. The second-order valence-corrected chi connectivity index (χ2v) is 4.29. The van der Waals surface area contributed by atoms with Gasteiger partial charge in [-0.25, -0.2) is 4.98 Å². The molecule has 1 aliphatic carbocycles. The van der Waals surface area contributed by atoms with E-state index in [0.717, 1.165) is 24.3 Å². The van der Waals surface area contributed by atoms with E-state index in [1.165, 1.54) is 19.3 Å². The van der Waals surface area contributed by atoms with Gasteiger partial charge in [-0.15, -0.1) is 0 Å². The number of fused-ring (bicyclic) bond motifs is 1. The molecule has 2 rings (SSSR count). The average Bonchev–Trinajstić information content (AvgIpc) is 2.48. The number of aryl methyl sites for hydroxylation is 3. The number of oxazole rings is 1. The molecule has 0 aromatic carbocycles. The molecule has 0 amide bonds. The highest BCUT2D eigenvalue weighted by Crippen LogP contribution is 2.21. The molecule has 0 aliphatic heterocycles. The molecule has 0 bridgehead atoms. The number of hydrogen-bond donors (Lipinski definition) is 1. The van der Waals surface area contributed by atoms with Gasteiger partial charge in [-0.2, -0.15) is 0 Å². The molecule has 0 unspecified atom stereocenters. The molecule has 4 heteroatoms. The summed E-state index contributed by atoms with van der Waals surface area (Å²) in [7, 11) is 0. The highest BCUT2D eigenvalue weighted by molar-refractivity contribution is 5.66. The van der Waals surface area contributed by atoms with Gasteiger partial charge < -0.3 is 9.52 Å². The first-order valence-corrected chi connectivity index (χ1v) is 5.95. The van der Waals surface area contributed by atoms with E-state index >= 15 is 0 Å². The van der Waals surface area contributed by atoms with Crippen molar-refractivity contribution in [3.05, 3.63) is 17.3 Å². The lowest BCUT2D eigenvalue weighted by Gasteiger charge is -1.94. The normalized spacial score (nSPS) is 15.5. The van der Waals surface area contributed by atoms with Gasteiger partial charge in [0.2, 0.25) is 0 Å². The fourth-order valence-electron chi connectivity index (χ4n) is 2.08. The lowest BCUT2D eigenvalue weighted by molar-refractivity contribution is -0.137. The minimum absolute atomic E-state index is 0.188. The summed E-state index contributed by atoms with van der Waals surface area (Å²) in [4.78, 5) is 14.8. The standard InChI is InChI=1S/C12H17NO3/c14-12(15)8-4-7-11-13-9-5-2-1-3-6-10(9)16-11/h1-8H2,(H,14,15). The van der Waals surface area contributed by atoms with E-state index in [1.54, 1.807) is 0 Å². The molecule has 1 N–H and O–H groups in total. The van der Waals surface area contributed by atoms with Crippen LogP contribution in [0.5, 0.6) is 0 Å². The SMILES string of the molecule is O=C(O)CCCc1nc2c(o1)CCCCC2. The zero-order valence-electron chi connectivity index (χ0n) is 9.37. The Morgan fingerprint density at radius 2 is 2.12 bits per heavy atom. The van der Waals surface area contributed by atoms with Crippen molar-refractivity contribution in [2.45, 2.75) is 51.4 Å². The Morgan fingerprint density at radius 1 is 1.31 bits per heavy atom. The summed E-state index contributed by atoms with van der Waals surface area (Å²) in [6.07, 6.45) is 7.05. The molecule has 0 spiro atoms. The molecule has 1 aromatic heterocycles. The molecular weight excluding hydrogens is 206 g/mol. The van der Waals surface area contributed by atoms with Crippen LogP contribution in [0.1, 0.15) is 49.4 Å². The maximum Gasteiger partial charge on any atom is 0.303 e. The molecule has 0 fully saturated rings. The van der Waals surface area contributed by atoms with Crippen molar-refractivity contribution in [1.29, 1.82) is 0 Å². The Balaban J connectivity index is 1.93. The predicted molar refractivity (Wildman–Crippen MR) is 58.3 cm³/mol. The van der Waals surface area contributed by atoms with Crippen molar-refractivity contribution >= 4 is 5.97 Å². The van der Waals surface area contributed by atoms with E-state index in [1.807, 2.05) is 0 Å². The monoisotopic (exact) mass is 223 g/mol. The van der Waals surface area contributed by atoms with Crippen LogP contribution < -0.4 is 0 Å². The zero-order valence-corrected chi connectivity index (χ0v) is 9.37. The topological polar surface area (TPSA) is 63.3 Å². The van der Waals surface area contributed by atoms with E-state index in [2.05, 4.69) is 4.98 Å². The Morgan fingerprint density at radius 3 is 2.94 bits per heavy atom. The van der Waals surface area contributed by atoms with Gasteiger partial charge >= 0.3 is 5.97 Å². The Hall–Kier alpha value is -1.32. The Bertz CT molecular complexity index is 347. The van der Waals surface area contributed by atoms with Crippen molar-refractivity contribution < 1.29 is 14.3 Å². The second-order valence-electron chi connectivity index (χ2n) is 4.29. The number of carbonyl (C=O) groups is 1. The highest BCUT2D eigenvalue weighted by atomic mass is 16.4. The molecule has 88 valence electrons. The first-order valence-electron chi connectivity index (χ1n) is 5.95. The summed E-state index contributed by atoms with van der Waals surface area (Å²) in [5, 5.41) is 8.54. The summed E-state index contributed by atoms with van der Waals surface area (Å²) in [5.74, 6) is 0.990. The summed E-state index contributed by atoms with van der Waals surface area (Å²) < 4.78 is 5.66. The fraction of sp³-hybridized carbons (Fsp3) is 0.667. The summed E-state index contributed by atoms with van der Waals surface area (Å²) in [6, 6.07) is 0. The number of aliphatic carboxylic acids is 1. The molecular formula is C12H17NO3. The Kier molecular flexibility index (Phi) is 3.59. The van der Waals surface area contributed by atoms with Gasteiger partial charge in [-0.1, -0.05) is 6.42 Å². The van der Waals surface area contributed by atoms with Crippen LogP contribution in [0.3, 0.4) is 0 Å². The third-order valence-corrected chi connectivity index (χ3v) is 2.92. The van der Waals surface area contributed by atoms with Gasteiger partial charge in [0.05, 0.1) is 5.69 Å². The molecule has 0 saturated carbocycles. The van der Waals surface area contributed by atoms with Crippen molar-refractivity contribution in [1.82, 2.24) is 4.98 Å². The van der Waals surface area contributed by atoms with Gasteiger partial charge in [-0.3, -0.25) is 4.79 Å². The van der Waals surface area contributed by atoms with Crippen molar-refractivity contribution in [3.8, 4) is 0 Å². The lowest BCUT2D eigenvalue weighted by atomic mass is 10.2. The summed E-state index contributed by atoms with van der Waals surface area (Å²) in [6.45, 7) is 0. The van der Waals surface area contributed by atoms with E-state index < -0.39 is 5.97 Å². The van der Waals surface area contributed by atoms with E-state index in [0.29, 0.717) is 18.7 Å². The van der Waals surface area contributed by atoms with Crippen LogP contribution in [0.2, 0.25) is 0 Å². The lowest BCUT2D eigenvalue weighted by Crippen LogP contribution is -1.96. The largest absolute Gasteiger partial charge is 0.481 e.